The van der Waals surface area contributed by atoms with Gasteiger partial charge in [-0.05, 0) is 49.4 Å². The van der Waals surface area contributed by atoms with E-state index in [4.69, 9.17) is 5.73 Å². The van der Waals surface area contributed by atoms with Crippen molar-refractivity contribution in [2.24, 2.45) is 5.41 Å². The van der Waals surface area contributed by atoms with Crippen LogP contribution in [0.2, 0.25) is 0 Å². The average Bonchev–Trinajstić information content (AvgIpc) is 2.47. The maximum absolute atomic E-state index is 13.4. The van der Waals surface area contributed by atoms with Crippen LogP contribution in [0.1, 0.15) is 38.7 Å². The Labute approximate surface area is 109 Å². The first-order valence-electron chi connectivity index (χ1n) is 6.73. The van der Waals surface area contributed by atoms with Gasteiger partial charge in [-0.25, -0.2) is 4.39 Å². The molecular weight excluding hydrogens is 227 g/mol. The number of halogens is 1. The zero-order valence-corrected chi connectivity index (χ0v) is 11.4. The fourth-order valence-corrected chi connectivity index (χ4v) is 2.60. The van der Waals surface area contributed by atoms with Crippen LogP contribution in [0.3, 0.4) is 0 Å². The van der Waals surface area contributed by atoms with E-state index in [-0.39, 0.29) is 5.82 Å². The van der Waals surface area contributed by atoms with Crippen molar-refractivity contribution in [1.29, 1.82) is 0 Å². The minimum Gasteiger partial charge on any atom is -0.396 e. The number of benzene rings is 1. The van der Waals surface area contributed by atoms with E-state index < -0.39 is 0 Å². The van der Waals surface area contributed by atoms with Crippen LogP contribution < -0.4 is 5.73 Å². The molecule has 0 aromatic heterocycles. The van der Waals surface area contributed by atoms with E-state index >= 15 is 0 Å². The van der Waals surface area contributed by atoms with Gasteiger partial charge in [-0.15, -0.1) is 0 Å². The largest absolute Gasteiger partial charge is 0.396 e. The first-order chi connectivity index (χ1) is 8.48. The molecule has 2 nitrogen and oxygen atoms in total. The molecule has 2 N–H and O–H groups in total. The van der Waals surface area contributed by atoms with Crippen molar-refractivity contribution in [2.75, 3.05) is 18.8 Å². The monoisotopic (exact) mass is 250 g/mol. The van der Waals surface area contributed by atoms with Crippen LogP contribution in [0, 0.1) is 11.2 Å². The number of hydrogen-bond acceptors (Lipinski definition) is 2. The van der Waals surface area contributed by atoms with Gasteiger partial charge in [0.25, 0.3) is 0 Å². The van der Waals surface area contributed by atoms with E-state index in [0.29, 0.717) is 11.1 Å². The van der Waals surface area contributed by atoms with E-state index in [1.165, 1.54) is 25.3 Å². The number of nitrogens with two attached hydrogens (primary N) is 1. The molecule has 0 aliphatic carbocycles. The molecule has 1 aliphatic heterocycles. The van der Waals surface area contributed by atoms with Crippen molar-refractivity contribution in [3.8, 4) is 0 Å². The molecule has 100 valence electrons. The lowest BCUT2D eigenvalue weighted by molar-refractivity contribution is 0.256. The fourth-order valence-electron chi connectivity index (χ4n) is 2.60. The molecule has 0 radical (unpaired) electrons. The lowest BCUT2D eigenvalue weighted by Crippen LogP contribution is -2.25. The van der Waals surface area contributed by atoms with Crippen molar-refractivity contribution in [2.45, 2.75) is 39.7 Å². The molecule has 18 heavy (non-hydrogen) atoms. The van der Waals surface area contributed by atoms with E-state index in [2.05, 4.69) is 18.7 Å². The third-order valence-corrected chi connectivity index (χ3v) is 3.97. The highest BCUT2D eigenvalue weighted by molar-refractivity contribution is 5.47. The van der Waals surface area contributed by atoms with Crippen LogP contribution in [0.4, 0.5) is 10.1 Å². The molecule has 0 bridgehead atoms. The third kappa shape index (κ3) is 3.22. The summed E-state index contributed by atoms with van der Waals surface area (Å²) in [5.41, 5.74) is 7.44. The van der Waals surface area contributed by atoms with Gasteiger partial charge in [0.1, 0.15) is 5.82 Å². The summed E-state index contributed by atoms with van der Waals surface area (Å²) < 4.78 is 13.4. The Morgan fingerprint density at radius 1 is 1.28 bits per heavy atom. The molecule has 0 spiro atoms. The Hall–Kier alpha value is -1.09. The van der Waals surface area contributed by atoms with Gasteiger partial charge < -0.3 is 5.73 Å². The van der Waals surface area contributed by atoms with Gasteiger partial charge in [0.2, 0.25) is 0 Å². The maximum Gasteiger partial charge on any atom is 0.146 e. The summed E-state index contributed by atoms with van der Waals surface area (Å²) in [4.78, 5) is 2.39. The second-order valence-electron chi connectivity index (χ2n) is 6.11. The molecule has 1 aliphatic rings. The van der Waals surface area contributed by atoms with Gasteiger partial charge in [-0.3, -0.25) is 4.90 Å². The molecule has 1 aromatic carbocycles. The molecule has 1 aromatic rings. The second kappa shape index (κ2) is 5.27. The minimum absolute atomic E-state index is 0.303. The van der Waals surface area contributed by atoms with E-state index in [0.717, 1.165) is 25.2 Å². The number of nitrogen functional groups attached to an aromatic ring is 1. The lowest BCUT2D eigenvalue weighted by atomic mass is 9.85. The molecule has 0 saturated carbocycles. The van der Waals surface area contributed by atoms with Gasteiger partial charge in [-0.1, -0.05) is 26.0 Å². The minimum atomic E-state index is -0.303. The van der Waals surface area contributed by atoms with Gasteiger partial charge >= 0.3 is 0 Å². The highest BCUT2D eigenvalue weighted by atomic mass is 19.1. The molecule has 0 amide bonds. The Balaban J connectivity index is 2.03. The van der Waals surface area contributed by atoms with Crippen LogP contribution in [-0.4, -0.2) is 18.0 Å². The topological polar surface area (TPSA) is 29.3 Å². The van der Waals surface area contributed by atoms with Crippen molar-refractivity contribution >= 4 is 5.69 Å². The van der Waals surface area contributed by atoms with Crippen LogP contribution in [0.25, 0.3) is 0 Å². The molecular formula is C15H23FN2. The van der Waals surface area contributed by atoms with E-state index in [1.807, 2.05) is 6.07 Å². The number of likely N-dealkylation sites (tertiary alicyclic amines) is 1. The molecule has 3 heteroatoms. The van der Waals surface area contributed by atoms with Gasteiger partial charge in [0.05, 0.1) is 5.69 Å². The van der Waals surface area contributed by atoms with E-state index in [9.17, 15) is 4.39 Å². The van der Waals surface area contributed by atoms with Crippen LogP contribution in [0.15, 0.2) is 18.2 Å². The van der Waals surface area contributed by atoms with Gasteiger partial charge in [0.15, 0.2) is 0 Å². The number of nitrogens with zero attached hydrogens (tertiary/aromatic N) is 1. The predicted octanol–water partition coefficient (Wildman–Crippen LogP) is 3.42. The Kier molecular flexibility index (Phi) is 3.91. The van der Waals surface area contributed by atoms with Crippen molar-refractivity contribution in [3.05, 3.63) is 29.6 Å². The molecule has 1 saturated heterocycles. The molecule has 1 heterocycles. The van der Waals surface area contributed by atoms with Crippen LogP contribution in [-0.2, 0) is 6.54 Å². The zero-order valence-electron chi connectivity index (χ0n) is 11.4. The average molecular weight is 250 g/mol. The lowest BCUT2D eigenvalue weighted by Gasteiger charge is -2.23. The molecule has 1 fully saturated rings. The number of anilines is 1. The third-order valence-electron chi connectivity index (χ3n) is 3.97. The summed E-state index contributed by atoms with van der Waals surface area (Å²) >= 11 is 0. The molecule has 0 unspecified atom stereocenters. The normalized spacial score (nSPS) is 20.6. The Bertz CT molecular complexity index is 415. The summed E-state index contributed by atoms with van der Waals surface area (Å²) in [5.74, 6) is -0.303. The maximum atomic E-state index is 13.4. The Morgan fingerprint density at radius 3 is 2.83 bits per heavy atom. The Morgan fingerprint density at radius 2 is 2.06 bits per heavy atom. The summed E-state index contributed by atoms with van der Waals surface area (Å²) in [6.07, 6.45) is 3.67. The fraction of sp³-hybridized carbons (Fsp3) is 0.600. The zero-order chi connectivity index (χ0) is 13.2. The van der Waals surface area contributed by atoms with Crippen LogP contribution >= 0.6 is 0 Å². The quantitative estimate of drug-likeness (QED) is 0.815. The molecule has 0 atom stereocenters. The number of hydrogen-bond donors (Lipinski definition) is 1. The van der Waals surface area contributed by atoms with E-state index in [1.54, 1.807) is 6.07 Å². The highest BCUT2D eigenvalue weighted by Crippen LogP contribution is 2.30. The van der Waals surface area contributed by atoms with Crippen molar-refractivity contribution in [3.63, 3.8) is 0 Å². The van der Waals surface area contributed by atoms with Crippen molar-refractivity contribution < 1.29 is 4.39 Å². The predicted molar refractivity (Wildman–Crippen MR) is 73.7 cm³/mol. The van der Waals surface area contributed by atoms with Crippen molar-refractivity contribution in [1.82, 2.24) is 4.90 Å². The van der Waals surface area contributed by atoms with Crippen LogP contribution in [0.5, 0.6) is 0 Å². The summed E-state index contributed by atoms with van der Waals surface area (Å²) in [6.45, 7) is 7.57. The standard InChI is InChI=1S/C15H23FN2/c1-15(2)7-4-9-18(10-8-15)11-12-5-3-6-13(16)14(12)17/h3,5-6H,4,7-11,17H2,1-2H3. The van der Waals surface area contributed by atoms with Gasteiger partial charge in [0, 0.05) is 6.54 Å². The first kappa shape index (κ1) is 13.3. The smallest absolute Gasteiger partial charge is 0.146 e. The summed E-state index contributed by atoms with van der Waals surface area (Å²) in [6, 6.07) is 5.08. The first-order valence-corrected chi connectivity index (χ1v) is 6.73. The summed E-state index contributed by atoms with van der Waals surface area (Å²) in [7, 11) is 0. The summed E-state index contributed by atoms with van der Waals surface area (Å²) in [5, 5.41) is 0. The number of rotatable bonds is 2. The SMILES string of the molecule is CC1(C)CCCN(Cc2cccc(F)c2N)CC1. The number of para-hydroxylation sites is 1. The second-order valence-corrected chi connectivity index (χ2v) is 6.11. The molecule has 2 rings (SSSR count). The van der Waals surface area contributed by atoms with Gasteiger partial charge in [-0.2, -0.15) is 0 Å². The highest BCUT2D eigenvalue weighted by Gasteiger charge is 2.23.